The van der Waals surface area contributed by atoms with E-state index in [0.717, 1.165) is 36.2 Å². The van der Waals surface area contributed by atoms with Crippen LogP contribution in [0.3, 0.4) is 0 Å². The highest BCUT2D eigenvalue weighted by Crippen LogP contribution is 2.11. The van der Waals surface area contributed by atoms with Gasteiger partial charge in [0.25, 0.3) is 0 Å². The largest absolute Gasteiger partial charge is 0.346 e. The average Bonchev–Trinajstić information content (AvgIpc) is 2.47. The van der Waals surface area contributed by atoms with Gasteiger partial charge in [-0.25, -0.2) is 0 Å². The second kappa shape index (κ2) is 7.68. The van der Waals surface area contributed by atoms with E-state index in [2.05, 4.69) is 33.2 Å². The summed E-state index contributed by atoms with van der Waals surface area (Å²) >= 11 is 8.65. The van der Waals surface area contributed by atoms with Crippen LogP contribution in [0.15, 0.2) is 34.8 Å². The summed E-state index contributed by atoms with van der Waals surface area (Å²) in [6, 6.07) is 7.75. The van der Waals surface area contributed by atoms with Crippen molar-refractivity contribution in [3.63, 3.8) is 0 Å². The van der Waals surface area contributed by atoms with E-state index in [-0.39, 0.29) is 5.91 Å². The third kappa shape index (κ3) is 5.22. The zero-order chi connectivity index (χ0) is 15.2. The molecule has 0 atom stereocenters. The van der Waals surface area contributed by atoms with Crippen LogP contribution >= 0.6 is 28.1 Å². The van der Waals surface area contributed by atoms with Gasteiger partial charge >= 0.3 is 0 Å². The molecular formula is C15H18BrN3OS. The molecule has 0 unspecified atom stereocenters. The van der Waals surface area contributed by atoms with Crippen molar-refractivity contribution < 1.29 is 4.79 Å². The number of piperazine rings is 1. The van der Waals surface area contributed by atoms with Gasteiger partial charge in [0, 0.05) is 36.7 Å². The lowest BCUT2D eigenvalue weighted by Crippen LogP contribution is -2.51. The molecule has 0 bridgehead atoms. The maximum atomic E-state index is 11.9. The maximum absolute atomic E-state index is 11.9. The first-order chi connectivity index (χ1) is 10.0. The van der Waals surface area contributed by atoms with Gasteiger partial charge in [-0.2, -0.15) is 0 Å². The smallest absolute Gasteiger partial charge is 0.250 e. The van der Waals surface area contributed by atoms with Gasteiger partial charge in [-0.15, -0.1) is 0 Å². The number of amides is 1. The van der Waals surface area contributed by atoms with Gasteiger partial charge in [0.05, 0.1) is 0 Å². The van der Waals surface area contributed by atoms with Gasteiger partial charge < -0.3 is 9.80 Å². The molecule has 1 aromatic carbocycles. The number of thiocarbonyl (C=S) groups is 1. The third-order valence-electron chi connectivity index (χ3n) is 3.32. The zero-order valence-corrected chi connectivity index (χ0v) is 14.3. The molecule has 0 aliphatic carbocycles. The molecule has 1 N–H and O–H groups in total. The second-order valence-electron chi connectivity index (χ2n) is 4.97. The van der Waals surface area contributed by atoms with Crippen molar-refractivity contribution >= 4 is 45.2 Å². The Morgan fingerprint density at radius 1 is 1.24 bits per heavy atom. The first-order valence-corrected chi connectivity index (χ1v) is 7.97. The molecule has 1 aliphatic heterocycles. The van der Waals surface area contributed by atoms with Gasteiger partial charge in [0.15, 0.2) is 5.11 Å². The van der Waals surface area contributed by atoms with Crippen LogP contribution in [-0.4, -0.2) is 54.0 Å². The molecule has 0 radical (unpaired) electrons. The van der Waals surface area contributed by atoms with Crippen LogP contribution in [-0.2, 0) is 4.79 Å². The van der Waals surface area contributed by atoms with Crippen LogP contribution in [0, 0.1) is 0 Å². The Labute approximate surface area is 138 Å². The van der Waals surface area contributed by atoms with E-state index in [1.165, 1.54) is 6.08 Å². The van der Waals surface area contributed by atoms with Crippen LogP contribution in [0.2, 0.25) is 0 Å². The second-order valence-corrected chi connectivity index (χ2v) is 6.27. The highest BCUT2D eigenvalue weighted by molar-refractivity contribution is 9.10. The maximum Gasteiger partial charge on any atom is 0.250 e. The predicted molar refractivity (Wildman–Crippen MR) is 93.0 cm³/mol. The topological polar surface area (TPSA) is 35.6 Å². The molecule has 4 nitrogen and oxygen atoms in total. The Hall–Kier alpha value is -1.24. The van der Waals surface area contributed by atoms with Crippen molar-refractivity contribution in [2.24, 2.45) is 0 Å². The molecule has 1 aliphatic rings. The molecule has 0 aromatic heterocycles. The van der Waals surface area contributed by atoms with Gasteiger partial charge in [-0.3, -0.25) is 10.1 Å². The zero-order valence-electron chi connectivity index (χ0n) is 11.9. The highest BCUT2D eigenvalue weighted by Gasteiger charge is 2.16. The fourth-order valence-corrected chi connectivity index (χ4v) is 2.53. The summed E-state index contributed by atoms with van der Waals surface area (Å²) in [6.45, 7) is 3.63. The quantitative estimate of drug-likeness (QED) is 0.641. The fourth-order valence-electron chi connectivity index (χ4n) is 1.98. The molecule has 6 heteroatoms. The van der Waals surface area contributed by atoms with Gasteiger partial charge in [0.1, 0.15) is 0 Å². The van der Waals surface area contributed by atoms with Crippen molar-refractivity contribution in [3.05, 3.63) is 40.4 Å². The van der Waals surface area contributed by atoms with Crippen molar-refractivity contribution in [1.82, 2.24) is 15.1 Å². The number of hydrogen-bond donors (Lipinski definition) is 1. The number of rotatable bonds is 2. The minimum Gasteiger partial charge on any atom is -0.346 e. The Morgan fingerprint density at radius 2 is 1.86 bits per heavy atom. The lowest BCUT2D eigenvalue weighted by atomic mass is 10.2. The Balaban J connectivity index is 1.83. The minimum absolute atomic E-state index is 0.193. The number of carbonyl (C=O) groups is 1. The van der Waals surface area contributed by atoms with Gasteiger partial charge in [-0.1, -0.05) is 28.1 Å². The third-order valence-corrected chi connectivity index (χ3v) is 4.21. The van der Waals surface area contributed by atoms with Crippen molar-refractivity contribution in [1.29, 1.82) is 0 Å². The Morgan fingerprint density at radius 3 is 2.48 bits per heavy atom. The molecule has 21 heavy (non-hydrogen) atoms. The lowest BCUT2D eigenvalue weighted by Gasteiger charge is -2.33. The fraction of sp³-hybridized carbons (Fsp3) is 0.333. The summed E-state index contributed by atoms with van der Waals surface area (Å²) in [4.78, 5) is 16.1. The Kier molecular flexibility index (Phi) is 5.90. The normalized spacial score (nSPS) is 16.2. The number of hydrogen-bond acceptors (Lipinski definition) is 3. The summed E-state index contributed by atoms with van der Waals surface area (Å²) in [5.74, 6) is -0.193. The summed E-state index contributed by atoms with van der Waals surface area (Å²) in [7, 11) is 2.08. The van der Waals surface area contributed by atoms with Crippen LogP contribution in [0.5, 0.6) is 0 Å². The number of nitrogens with one attached hydrogen (secondary N) is 1. The highest BCUT2D eigenvalue weighted by atomic mass is 79.9. The number of carbonyl (C=O) groups excluding carboxylic acids is 1. The van der Waals surface area contributed by atoms with E-state index >= 15 is 0 Å². The first-order valence-electron chi connectivity index (χ1n) is 6.77. The summed E-state index contributed by atoms with van der Waals surface area (Å²) in [5, 5.41) is 3.26. The summed E-state index contributed by atoms with van der Waals surface area (Å²) < 4.78 is 1.01. The van der Waals surface area contributed by atoms with Crippen LogP contribution < -0.4 is 5.32 Å². The SMILES string of the molecule is CN1CCN(C(=S)NC(=O)/C=C/c2ccc(Br)cc2)CC1. The number of benzene rings is 1. The molecule has 0 spiro atoms. The predicted octanol–water partition coefficient (Wildman–Crippen LogP) is 2.11. The van der Waals surface area contributed by atoms with Gasteiger partial charge in [-0.05, 0) is 43.0 Å². The molecule has 1 heterocycles. The van der Waals surface area contributed by atoms with Crippen LogP contribution in [0.1, 0.15) is 5.56 Å². The summed E-state index contributed by atoms with van der Waals surface area (Å²) in [6.07, 6.45) is 3.28. The Bertz CT molecular complexity index is 536. The molecule has 0 saturated carbocycles. The number of nitrogens with zero attached hydrogens (tertiary/aromatic N) is 2. The minimum atomic E-state index is -0.193. The van der Waals surface area contributed by atoms with Crippen molar-refractivity contribution in [3.8, 4) is 0 Å². The first kappa shape index (κ1) is 16.1. The van der Waals surface area contributed by atoms with E-state index in [0.29, 0.717) is 5.11 Å². The molecule has 1 amide bonds. The molecule has 1 aromatic rings. The van der Waals surface area contributed by atoms with Gasteiger partial charge in [0.2, 0.25) is 5.91 Å². The van der Waals surface area contributed by atoms with E-state index in [1.54, 1.807) is 6.08 Å². The number of halogens is 1. The van der Waals surface area contributed by atoms with Crippen molar-refractivity contribution in [2.45, 2.75) is 0 Å². The average molecular weight is 368 g/mol. The number of likely N-dealkylation sites (N-methyl/N-ethyl adjacent to an activating group) is 1. The molecular weight excluding hydrogens is 350 g/mol. The monoisotopic (exact) mass is 367 g/mol. The van der Waals surface area contributed by atoms with E-state index < -0.39 is 0 Å². The molecule has 1 saturated heterocycles. The summed E-state index contributed by atoms with van der Waals surface area (Å²) in [5.41, 5.74) is 0.971. The molecule has 2 rings (SSSR count). The lowest BCUT2D eigenvalue weighted by molar-refractivity contribution is -0.115. The van der Waals surface area contributed by atoms with E-state index in [4.69, 9.17) is 12.2 Å². The van der Waals surface area contributed by atoms with Crippen molar-refractivity contribution in [2.75, 3.05) is 33.2 Å². The van der Waals surface area contributed by atoms with Crippen LogP contribution in [0.25, 0.3) is 6.08 Å². The van der Waals surface area contributed by atoms with E-state index in [9.17, 15) is 4.79 Å². The van der Waals surface area contributed by atoms with Crippen LogP contribution in [0.4, 0.5) is 0 Å². The molecule has 1 fully saturated rings. The van der Waals surface area contributed by atoms with E-state index in [1.807, 2.05) is 29.2 Å². The molecule has 112 valence electrons. The standard InChI is InChI=1S/C15H18BrN3OS/c1-18-8-10-19(11-9-18)15(21)17-14(20)7-4-12-2-5-13(16)6-3-12/h2-7H,8-11H2,1H3,(H,17,20,21)/b7-4+.